The van der Waals surface area contributed by atoms with Gasteiger partial charge in [0.15, 0.2) is 0 Å². The highest BCUT2D eigenvalue weighted by Crippen LogP contribution is 2.10. The molecule has 19 heavy (non-hydrogen) atoms. The first kappa shape index (κ1) is 13.5. The van der Waals surface area contributed by atoms with E-state index in [4.69, 9.17) is 0 Å². The monoisotopic (exact) mass is 259 g/mol. The second-order valence-electron chi connectivity index (χ2n) is 4.69. The predicted octanol–water partition coefficient (Wildman–Crippen LogP) is 1.88. The van der Waals surface area contributed by atoms with Crippen LogP contribution in [0.25, 0.3) is 0 Å². The van der Waals surface area contributed by atoms with Gasteiger partial charge in [0.05, 0.1) is 12.2 Å². The molecule has 2 rings (SSSR count). The Morgan fingerprint density at radius 2 is 2.11 bits per heavy atom. The number of anilines is 1. The first-order chi connectivity index (χ1) is 9.19. The summed E-state index contributed by atoms with van der Waals surface area (Å²) in [5.74, 6) is 1.06. The van der Waals surface area contributed by atoms with E-state index in [2.05, 4.69) is 40.2 Å². The number of nitrogens with one attached hydrogen (secondary N) is 1. The number of hydrogen-bond acceptors (Lipinski definition) is 4. The van der Waals surface area contributed by atoms with Gasteiger partial charge in [0.25, 0.3) is 0 Å². The Labute approximate surface area is 114 Å². The minimum Gasteiger partial charge on any atom is -0.385 e. The van der Waals surface area contributed by atoms with Gasteiger partial charge in [-0.2, -0.15) is 0 Å². The van der Waals surface area contributed by atoms with E-state index in [0.29, 0.717) is 0 Å². The Hall–Kier alpha value is -1.88. The lowest BCUT2D eigenvalue weighted by Gasteiger charge is -2.16. The van der Waals surface area contributed by atoms with E-state index in [1.54, 1.807) is 0 Å². The van der Waals surface area contributed by atoms with Crippen molar-refractivity contribution in [1.82, 2.24) is 19.4 Å². The molecule has 0 unspecified atom stereocenters. The predicted molar refractivity (Wildman–Crippen MR) is 76.8 cm³/mol. The molecule has 2 heterocycles. The molecule has 0 aliphatic carbocycles. The quantitative estimate of drug-likeness (QED) is 0.860. The van der Waals surface area contributed by atoms with Crippen molar-refractivity contribution in [2.75, 3.05) is 18.9 Å². The Kier molecular flexibility index (Phi) is 4.52. The minimum atomic E-state index is 0.812. The number of rotatable bonds is 6. The maximum absolute atomic E-state index is 4.40. The number of hydrogen-bond donors (Lipinski definition) is 1. The molecule has 0 aliphatic heterocycles. The SMILES string of the molecule is CCNc1ccnc(CN(C)Cc2nccn2C)c1. The van der Waals surface area contributed by atoms with Gasteiger partial charge in [-0.15, -0.1) is 0 Å². The maximum atomic E-state index is 4.40. The number of imidazole rings is 1. The van der Waals surface area contributed by atoms with Gasteiger partial charge < -0.3 is 9.88 Å². The normalized spacial score (nSPS) is 10.9. The van der Waals surface area contributed by atoms with Gasteiger partial charge in [-0.3, -0.25) is 9.88 Å². The largest absolute Gasteiger partial charge is 0.385 e. The first-order valence-corrected chi connectivity index (χ1v) is 6.52. The number of aryl methyl sites for hydroxylation is 1. The summed E-state index contributed by atoms with van der Waals surface area (Å²) in [5.41, 5.74) is 2.19. The third kappa shape index (κ3) is 3.79. The van der Waals surface area contributed by atoms with Crippen LogP contribution in [-0.4, -0.2) is 33.0 Å². The molecule has 5 heteroatoms. The van der Waals surface area contributed by atoms with Crippen LogP contribution >= 0.6 is 0 Å². The molecule has 0 aliphatic rings. The molecular formula is C14H21N5. The molecule has 0 atom stereocenters. The summed E-state index contributed by atoms with van der Waals surface area (Å²) in [6.45, 7) is 4.64. The fourth-order valence-electron chi connectivity index (χ4n) is 2.00. The van der Waals surface area contributed by atoms with Crippen LogP contribution in [0.15, 0.2) is 30.7 Å². The lowest BCUT2D eigenvalue weighted by Crippen LogP contribution is -2.20. The fourth-order valence-corrected chi connectivity index (χ4v) is 2.00. The Balaban J connectivity index is 1.96. The first-order valence-electron chi connectivity index (χ1n) is 6.52. The summed E-state index contributed by atoms with van der Waals surface area (Å²) in [4.78, 5) is 10.9. The van der Waals surface area contributed by atoms with E-state index < -0.39 is 0 Å². The third-order valence-electron chi connectivity index (χ3n) is 2.96. The average molecular weight is 259 g/mol. The molecule has 0 spiro atoms. The second kappa shape index (κ2) is 6.33. The van der Waals surface area contributed by atoms with E-state index in [1.807, 2.05) is 36.3 Å². The summed E-state index contributed by atoms with van der Waals surface area (Å²) >= 11 is 0. The van der Waals surface area contributed by atoms with Crippen LogP contribution in [0.5, 0.6) is 0 Å². The van der Waals surface area contributed by atoms with Gasteiger partial charge in [0.1, 0.15) is 5.82 Å². The van der Waals surface area contributed by atoms with Crippen molar-refractivity contribution in [2.45, 2.75) is 20.0 Å². The Morgan fingerprint density at radius 1 is 1.26 bits per heavy atom. The topological polar surface area (TPSA) is 46.0 Å². The molecule has 0 saturated heterocycles. The highest BCUT2D eigenvalue weighted by atomic mass is 15.2. The van der Waals surface area contributed by atoms with Crippen LogP contribution < -0.4 is 5.32 Å². The number of pyridine rings is 1. The Bertz CT molecular complexity index is 520. The second-order valence-corrected chi connectivity index (χ2v) is 4.69. The Morgan fingerprint density at radius 3 is 2.79 bits per heavy atom. The summed E-state index contributed by atoms with van der Waals surface area (Å²) in [6.07, 6.45) is 5.64. The van der Waals surface area contributed by atoms with Crippen LogP contribution in [0.3, 0.4) is 0 Å². The van der Waals surface area contributed by atoms with E-state index in [9.17, 15) is 0 Å². The average Bonchev–Trinajstić information content (AvgIpc) is 2.76. The van der Waals surface area contributed by atoms with Gasteiger partial charge in [-0.1, -0.05) is 0 Å². The van der Waals surface area contributed by atoms with Crippen LogP contribution in [-0.2, 0) is 20.1 Å². The van der Waals surface area contributed by atoms with E-state index >= 15 is 0 Å². The summed E-state index contributed by atoms with van der Waals surface area (Å²) in [7, 11) is 4.09. The summed E-state index contributed by atoms with van der Waals surface area (Å²) in [5, 5.41) is 3.30. The van der Waals surface area contributed by atoms with Gasteiger partial charge in [0, 0.05) is 44.4 Å². The molecule has 1 N–H and O–H groups in total. The van der Waals surface area contributed by atoms with E-state index in [1.165, 1.54) is 0 Å². The molecule has 0 fully saturated rings. The summed E-state index contributed by atoms with van der Waals surface area (Å²) < 4.78 is 2.04. The maximum Gasteiger partial charge on any atom is 0.122 e. The van der Waals surface area contributed by atoms with Crippen LogP contribution in [0, 0.1) is 0 Å². The lowest BCUT2D eigenvalue weighted by molar-refractivity contribution is 0.303. The molecule has 5 nitrogen and oxygen atoms in total. The molecule has 2 aromatic heterocycles. The van der Waals surface area contributed by atoms with Crippen molar-refractivity contribution < 1.29 is 0 Å². The molecule has 0 aromatic carbocycles. The van der Waals surface area contributed by atoms with Gasteiger partial charge in [0.2, 0.25) is 0 Å². The fraction of sp³-hybridized carbons (Fsp3) is 0.429. The molecule has 0 amide bonds. The van der Waals surface area contributed by atoms with Gasteiger partial charge in [-0.25, -0.2) is 4.98 Å². The molecular weight excluding hydrogens is 238 g/mol. The van der Waals surface area contributed by atoms with Crippen LogP contribution in [0.4, 0.5) is 5.69 Å². The van der Waals surface area contributed by atoms with Crippen molar-refractivity contribution in [2.24, 2.45) is 7.05 Å². The van der Waals surface area contributed by atoms with Crippen molar-refractivity contribution in [3.8, 4) is 0 Å². The highest BCUT2D eigenvalue weighted by Gasteiger charge is 2.06. The molecule has 0 saturated carbocycles. The van der Waals surface area contributed by atoms with Gasteiger partial charge in [-0.05, 0) is 26.1 Å². The standard InChI is InChI=1S/C14H21N5/c1-4-15-12-5-6-16-13(9-12)10-18(2)11-14-17-7-8-19(14)3/h5-9H,4,10-11H2,1-3H3,(H,15,16). The van der Waals surface area contributed by atoms with Crippen LogP contribution in [0.1, 0.15) is 18.4 Å². The number of aromatic nitrogens is 3. The van der Waals surface area contributed by atoms with E-state index in [-0.39, 0.29) is 0 Å². The number of nitrogens with zero attached hydrogens (tertiary/aromatic N) is 4. The smallest absolute Gasteiger partial charge is 0.122 e. The van der Waals surface area contributed by atoms with Crippen molar-refractivity contribution in [3.05, 3.63) is 42.2 Å². The van der Waals surface area contributed by atoms with Crippen molar-refractivity contribution in [3.63, 3.8) is 0 Å². The zero-order chi connectivity index (χ0) is 13.7. The van der Waals surface area contributed by atoms with Crippen molar-refractivity contribution in [1.29, 1.82) is 0 Å². The van der Waals surface area contributed by atoms with Crippen molar-refractivity contribution >= 4 is 5.69 Å². The minimum absolute atomic E-state index is 0.812. The molecule has 0 radical (unpaired) electrons. The lowest BCUT2D eigenvalue weighted by atomic mass is 10.3. The van der Waals surface area contributed by atoms with Gasteiger partial charge >= 0.3 is 0 Å². The zero-order valence-electron chi connectivity index (χ0n) is 11.8. The van der Waals surface area contributed by atoms with E-state index in [0.717, 1.165) is 36.8 Å². The van der Waals surface area contributed by atoms with Crippen LogP contribution in [0.2, 0.25) is 0 Å². The highest BCUT2D eigenvalue weighted by molar-refractivity contribution is 5.42. The molecule has 102 valence electrons. The third-order valence-corrected chi connectivity index (χ3v) is 2.96. The summed E-state index contributed by atoms with van der Waals surface area (Å²) in [6, 6.07) is 4.09. The zero-order valence-corrected chi connectivity index (χ0v) is 11.8. The molecule has 2 aromatic rings. The molecule has 0 bridgehead atoms.